The zero-order chi connectivity index (χ0) is 12.5. The van der Waals surface area contributed by atoms with Gasteiger partial charge in [-0.2, -0.15) is 0 Å². The van der Waals surface area contributed by atoms with Crippen LogP contribution in [0.3, 0.4) is 0 Å². The number of rotatable bonds is 5. The number of carboxylic acids is 1. The molecule has 2 heterocycles. The van der Waals surface area contributed by atoms with E-state index in [1.807, 2.05) is 6.92 Å². The number of carboxylic acid groups (broad SMARTS) is 1. The highest BCUT2D eigenvalue weighted by atomic mass is 16.6. The average Bonchev–Trinajstić information content (AvgIpc) is 2.59. The number of cyclic esters (lactones) is 1. The molecule has 1 amide bonds. The summed E-state index contributed by atoms with van der Waals surface area (Å²) in [6.45, 7) is 4.12. The Hall–Kier alpha value is -1.34. The molecule has 2 aliphatic rings. The van der Waals surface area contributed by atoms with Crippen LogP contribution < -0.4 is 5.32 Å². The van der Waals surface area contributed by atoms with Crippen molar-refractivity contribution in [3.8, 4) is 0 Å². The van der Waals surface area contributed by atoms with Gasteiger partial charge in [-0.05, 0) is 6.92 Å². The van der Waals surface area contributed by atoms with Crippen LogP contribution in [0.1, 0.15) is 6.92 Å². The highest BCUT2D eigenvalue weighted by molar-refractivity contribution is 5.69. The number of hydrogen-bond acceptors (Lipinski definition) is 5. The first-order valence-corrected chi connectivity index (χ1v) is 5.49. The molecule has 7 nitrogen and oxygen atoms in total. The normalized spacial score (nSPS) is 27.1. The monoisotopic (exact) mass is 244 g/mol. The topological polar surface area (TPSA) is 88.1 Å². The molecule has 96 valence electrons. The van der Waals surface area contributed by atoms with Gasteiger partial charge in [-0.25, -0.2) is 9.59 Å². The number of amides is 1. The van der Waals surface area contributed by atoms with Gasteiger partial charge in [0.2, 0.25) is 0 Å². The number of carbonyl (C=O) groups excluding carboxylic acids is 1. The highest BCUT2D eigenvalue weighted by Crippen LogP contribution is 2.25. The summed E-state index contributed by atoms with van der Waals surface area (Å²) < 4.78 is 10.3. The summed E-state index contributed by atoms with van der Waals surface area (Å²) in [5.41, 5.74) is -0.394. The van der Waals surface area contributed by atoms with E-state index in [1.54, 1.807) is 0 Å². The van der Waals surface area contributed by atoms with E-state index in [1.165, 1.54) is 0 Å². The summed E-state index contributed by atoms with van der Waals surface area (Å²) in [4.78, 5) is 23.3. The minimum atomic E-state index is -0.960. The van der Waals surface area contributed by atoms with E-state index in [0.29, 0.717) is 26.2 Å². The highest BCUT2D eigenvalue weighted by Gasteiger charge is 2.41. The standard InChI is InChI=1S/C10H16N2O5/c1-10(16-4-8(13)14)5-12(6-10)3-7-2-11-9(15)17-7/h7H,2-6H2,1H3,(H,11,15)(H,13,14). The third kappa shape index (κ3) is 3.07. The lowest BCUT2D eigenvalue weighted by Crippen LogP contribution is -2.63. The Bertz CT molecular complexity index is 327. The molecule has 2 rings (SSSR count). The fourth-order valence-electron chi connectivity index (χ4n) is 2.18. The lowest BCUT2D eigenvalue weighted by molar-refractivity contribution is -0.166. The van der Waals surface area contributed by atoms with Crippen LogP contribution in [-0.2, 0) is 14.3 Å². The van der Waals surface area contributed by atoms with Gasteiger partial charge in [-0.1, -0.05) is 0 Å². The fraction of sp³-hybridized carbons (Fsp3) is 0.800. The zero-order valence-electron chi connectivity index (χ0n) is 9.64. The van der Waals surface area contributed by atoms with E-state index in [0.717, 1.165) is 0 Å². The molecule has 0 bridgehead atoms. The van der Waals surface area contributed by atoms with Crippen molar-refractivity contribution in [2.24, 2.45) is 0 Å². The third-order valence-corrected chi connectivity index (χ3v) is 2.87. The molecule has 0 radical (unpaired) electrons. The Labute approximate surface area is 98.7 Å². The summed E-state index contributed by atoms with van der Waals surface area (Å²) >= 11 is 0. The molecule has 7 heteroatoms. The number of nitrogens with zero attached hydrogens (tertiary/aromatic N) is 1. The fourth-order valence-corrected chi connectivity index (χ4v) is 2.18. The molecular weight excluding hydrogens is 228 g/mol. The van der Waals surface area contributed by atoms with Crippen LogP contribution in [0.5, 0.6) is 0 Å². The van der Waals surface area contributed by atoms with Crippen LogP contribution in [0.25, 0.3) is 0 Å². The minimum absolute atomic E-state index is 0.119. The predicted molar refractivity (Wildman–Crippen MR) is 56.7 cm³/mol. The van der Waals surface area contributed by atoms with E-state index in [-0.39, 0.29) is 18.8 Å². The molecular formula is C10H16N2O5. The quantitative estimate of drug-likeness (QED) is 0.663. The van der Waals surface area contributed by atoms with Crippen LogP contribution in [0.2, 0.25) is 0 Å². The number of nitrogens with one attached hydrogen (secondary N) is 1. The SMILES string of the molecule is CC1(OCC(=O)O)CN(CC2CNC(=O)O2)C1. The van der Waals surface area contributed by atoms with Crippen LogP contribution in [0.15, 0.2) is 0 Å². The minimum Gasteiger partial charge on any atom is -0.480 e. The van der Waals surface area contributed by atoms with Crippen molar-refractivity contribution in [3.63, 3.8) is 0 Å². The molecule has 0 aliphatic carbocycles. The van der Waals surface area contributed by atoms with Crippen molar-refractivity contribution in [2.75, 3.05) is 32.8 Å². The van der Waals surface area contributed by atoms with Crippen molar-refractivity contribution < 1.29 is 24.2 Å². The smallest absolute Gasteiger partial charge is 0.407 e. The van der Waals surface area contributed by atoms with Gasteiger partial charge >= 0.3 is 12.1 Å². The lowest BCUT2D eigenvalue weighted by atomic mass is 9.96. The number of carbonyl (C=O) groups is 2. The molecule has 2 aliphatic heterocycles. The lowest BCUT2D eigenvalue weighted by Gasteiger charge is -2.47. The molecule has 0 aromatic rings. The summed E-state index contributed by atoms with van der Waals surface area (Å²) in [5.74, 6) is -0.960. The van der Waals surface area contributed by atoms with Crippen LogP contribution in [0.4, 0.5) is 4.79 Å². The van der Waals surface area contributed by atoms with Gasteiger partial charge in [0.05, 0.1) is 12.1 Å². The molecule has 17 heavy (non-hydrogen) atoms. The van der Waals surface area contributed by atoms with Gasteiger partial charge in [0, 0.05) is 19.6 Å². The van der Waals surface area contributed by atoms with Crippen molar-refractivity contribution in [2.45, 2.75) is 18.6 Å². The van der Waals surface area contributed by atoms with Gasteiger partial charge < -0.3 is 19.9 Å². The van der Waals surface area contributed by atoms with Crippen LogP contribution >= 0.6 is 0 Å². The maximum absolute atomic E-state index is 10.8. The number of ether oxygens (including phenoxy) is 2. The first-order valence-electron chi connectivity index (χ1n) is 5.49. The van der Waals surface area contributed by atoms with Crippen LogP contribution in [-0.4, -0.2) is 66.6 Å². The summed E-state index contributed by atoms with van der Waals surface area (Å²) in [6, 6.07) is 0. The third-order valence-electron chi connectivity index (χ3n) is 2.87. The van der Waals surface area contributed by atoms with Gasteiger partial charge in [-0.3, -0.25) is 4.90 Å². The van der Waals surface area contributed by atoms with Crippen molar-refractivity contribution in [3.05, 3.63) is 0 Å². The Morgan fingerprint density at radius 1 is 1.71 bits per heavy atom. The molecule has 0 aromatic heterocycles. The summed E-state index contributed by atoms with van der Waals surface area (Å²) in [5, 5.41) is 11.1. The van der Waals surface area contributed by atoms with Crippen LogP contribution in [0, 0.1) is 0 Å². The second-order valence-electron chi connectivity index (χ2n) is 4.71. The Kier molecular flexibility index (Phi) is 3.21. The number of hydrogen-bond donors (Lipinski definition) is 2. The molecule has 2 N–H and O–H groups in total. The zero-order valence-corrected chi connectivity index (χ0v) is 9.64. The second-order valence-corrected chi connectivity index (χ2v) is 4.71. The number of likely N-dealkylation sites (tertiary alicyclic amines) is 1. The Balaban J connectivity index is 1.67. The maximum atomic E-state index is 10.8. The van der Waals surface area contributed by atoms with E-state index in [9.17, 15) is 9.59 Å². The van der Waals surface area contributed by atoms with E-state index in [2.05, 4.69) is 10.2 Å². The molecule has 1 unspecified atom stereocenters. The van der Waals surface area contributed by atoms with Gasteiger partial charge in [0.15, 0.2) is 0 Å². The van der Waals surface area contributed by atoms with Gasteiger partial charge in [-0.15, -0.1) is 0 Å². The average molecular weight is 244 g/mol. The number of aliphatic carboxylic acids is 1. The Morgan fingerprint density at radius 2 is 2.41 bits per heavy atom. The second kappa shape index (κ2) is 4.50. The molecule has 0 spiro atoms. The summed E-state index contributed by atoms with van der Waals surface area (Å²) in [6.07, 6.45) is -0.494. The van der Waals surface area contributed by atoms with E-state index in [4.69, 9.17) is 14.6 Å². The largest absolute Gasteiger partial charge is 0.480 e. The van der Waals surface area contributed by atoms with Gasteiger partial charge in [0.25, 0.3) is 0 Å². The molecule has 0 aromatic carbocycles. The number of alkyl carbamates (subject to hydrolysis) is 1. The van der Waals surface area contributed by atoms with E-state index < -0.39 is 11.6 Å². The molecule has 2 fully saturated rings. The van der Waals surface area contributed by atoms with Crippen molar-refractivity contribution >= 4 is 12.1 Å². The van der Waals surface area contributed by atoms with Gasteiger partial charge in [0.1, 0.15) is 12.7 Å². The molecule has 0 saturated carbocycles. The first kappa shape index (κ1) is 12.1. The maximum Gasteiger partial charge on any atom is 0.407 e. The van der Waals surface area contributed by atoms with Crippen molar-refractivity contribution in [1.82, 2.24) is 10.2 Å². The summed E-state index contributed by atoms with van der Waals surface area (Å²) in [7, 11) is 0. The Morgan fingerprint density at radius 3 is 2.94 bits per heavy atom. The van der Waals surface area contributed by atoms with E-state index >= 15 is 0 Å². The van der Waals surface area contributed by atoms with Crippen molar-refractivity contribution in [1.29, 1.82) is 0 Å². The predicted octanol–water partition coefficient (Wildman–Crippen LogP) is -0.730. The molecule has 2 saturated heterocycles. The molecule has 1 atom stereocenters. The first-order chi connectivity index (χ1) is 7.97.